The lowest BCUT2D eigenvalue weighted by Gasteiger charge is -2.18. The molecule has 0 atom stereocenters. The zero-order valence-corrected chi connectivity index (χ0v) is 15.9. The highest BCUT2D eigenvalue weighted by molar-refractivity contribution is 7.89. The third-order valence-electron chi connectivity index (χ3n) is 4.91. The minimum atomic E-state index is -3.70. The van der Waals surface area contributed by atoms with Crippen LogP contribution in [-0.2, 0) is 14.8 Å². The van der Waals surface area contributed by atoms with Crippen LogP contribution in [0.5, 0.6) is 0 Å². The van der Waals surface area contributed by atoms with Gasteiger partial charge in [-0.2, -0.15) is 4.31 Å². The highest BCUT2D eigenvalue weighted by Crippen LogP contribution is 2.21. The van der Waals surface area contributed by atoms with Crippen molar-refractivity contribution in [2.24, 2.45) is 0 Å². The maximum absolute atomic E-state index is 12.7. The highest BCUT2D eigenvalue weighted by atomic mass is 32.2. The summed E-state index contributed by atoms with van der Waals surface area (Å²) in [5.74, 6) is -0.268. The van der Waals surface area contributed by atoms with Crippen LogP contribution in [0.2, 0.25) is 0 Å². The number of nitrogens with zero attached hydrogens (tertiary/aromatic N) is 1. The molecular weight excluding hydrogens is 350 g/mol. The number of rotatable bonds is 7. The molecule has 6 nitrogen and oxygen atoms in total. The predicted octanol–water partition coefficient (Wildman–Crippen LogP) is 0.255. The standard InChI is InChI=1S/C19H25N3O3S/c1-21(15-19(23)20-10-13-22-11-4-5-12-22)26(24,25)18-9-8-16-6-2-3-7-17(16)14-18/h2-3,6-9,14H,4-5,10-13,15H2,1H3,(H,20,23)/p+1. The number of nitrogens with one attached hydrogen (secondary N) is 2. The summed E-state index contributed by atoms with van der Waals surface area (Å²) in [5, 5.41) is 4.67. The van der Waals surface area contributed by atoms with Crippen LogP contribution in [0.4, 0.5) is 0 Å². The Morgan fingerprint density at radius 2 is 1.81 bits per heavy atom. The number of likely N-dealkylation sites (N-methyl/N-ethyl adjacent to an activating group) is 1. The molecule has 0 aliphatic carbocycles. The molecule has 1 amide bonds. The van der Waals surface area contributed by atoms with Crippen molar-refractivity contribution in [2.75, 3.05) is 39.8 Å². The third-order valence-corrected chi connectivity index (χ3v) is 6.71. The fraction of sp³-hybridized carbons (Fsp3) is 0.421. The molecule has 2 N–H and O–H groups in total. The quantitative estimate of drug-likeness (QED) is 0.728. The zero-order chi connectivity index (χ0) is 18.6. The summed E-state index contributed by atoms with van der Waals surface area (Å²) in [5.41, 5.74) is 0. The van der Waals surface area contributed by atoms with E-state index in [0.29, 0.717) is 6.54 Å². The number of carbonyl (C=O) groups excluding carboxylic acids is 1. The van der Waals surface area contributed by atoms with Crippen molar-refractivity contribution in [3.05, 3.63) is 42.5 Å². The minimum absolute atomic E-state index is 0.176. The Bertz CT molecular complexity index is 876. The molecular formula is C19H26N3O3S+. The molecule has 0 unspecified atom stereocenters. The van der Waals surface area contributed by atoms with Crippen molar-refractivity contribution in [2.45, 2.75) is 17.7 Å². The van der Waals surface area contributed by atoms with Crippen LogP contribution >= 0.6 is 0 Å². The molecule has 1 aliphatic heterocycles. The topological polar surface area (TPSA) is 70.9 Å². The summed E-state index contributed by atoms with van der Waals surface area (Å²) in [6.45, 7) is 3.62. The van der Waals surface area contributed by atoms with Gasteiger partial charge >= 0.3 is 0 Å². The van der Waals surface area contributed by atoms with Crippen LogP contribution in [0.1, 0.15) is 12.8 Å². The zero-order valence-electron chi connectivity index (χ0n) is 15.1. The maximum atomic E-state index is 12.7. The van der Waals surface area contributed by atoms with Crippen molar-refractivity contribution >= 4 is 26.7 Å². The van der Waals surface area contributed by atoms with Gasteiger partial charge in [-0.05, 0) is 22.9 Å². The summed E-state index contributed by atoms with van der Waals surface area (Å²) in [7, 11) is -2.26. The average Bonchev–Trinajstić information content (AvgIpc) is 3.14. The number of carbonyl (C=O) groups is 1. The molecule has 0 aromatic heterocycles. The molecule has 1 saturated heterocycles. The van der Waals surface area contributed by atoms with Crippen molar-refractivity contribution in [3.63, 3.8) is 0 Å². The van der Waals surface area contributed by atoms with E-state index >= 15 is 0 Å². The predicted molar refractivity (Wildman–Crippen MR) is 102 cm³/mol. The molecule has 7 heteroatoms. The number of likely N-dealkylation sites (tertiary alicyclic amines) is 1. The van der Waals surface area contributed by atoms with Crippen LogP contribution < -0.4 is 10.2 Å². The largest absolute Gasteiger partial charge is 0.349 e. The average molecular weight is 377 g/mol. The van der Waals surface area contributed by atoms with Crippen molar-refractivity contribution < 1.29 is 18.1 Å². The number of fused-ring (bicyclic) bond motifs is 1. The molecule has 1 fully saturated rings. The summed E-state index contributed by atoms with van der Waals surface area (Å²) in [4.78, 5) is 13.8. The smallest absolute Gasteiger partial charge is 0.243 e. The molecule has 1 heterocycles. The van der Waals surface area contributed by atoms with E-state index in [0.717, 1.165) is 34.7 Å². The molecule has 0 spiro atoms. The lowest BCUT2D eigenvalue weighted by atomic mass is 10.1. The number of hydrogen-bond donors (Lipinski definition) is 2. The van der Waals surface area contributed by atoms with E-state index < -0.39 is 10.0 Å². The summed E-state index contributed by atoms with van der Waals surface area (Å²) in [6, 6.07) is 12.6. The normalized spacial score (nSPS) is 15.6. The van der Waals surface area contributed by atoms with Gasteiger partial charge in [0, 0.05) is 19.9 Å². The molecule has 2 aromatic carbocycles. The van der Waals surface area contributed by atoms with Gasteiger partial charge in [0.15, 0.2) is 0 Å². The van der Waals surface area contributed by atoms with Gasteiger partial charge in [0.2, 0.25) is 15.9 Å². The van der Waals surface area contributed by atoms with Crippen LogP contribution in [0, 0.1) is 0 Å². The Kier molecular flexibility index (Phi) is 5.90. The van der Waals surface area contributed by atoms with E-state index in [1.807, 2.05) is 24.3 Å². The van der Waals surface area contributed by atoms with Gasteiger partial charge in [-0.3, -0.25) is 4.79 Å². The molecule has 2 aromatic rings. The third kappa shape index (κ3) is 4.41. The van der Waals surface area contributed by atoms with Gasteiger partial charge in [-0.25, -0.2) is 8.42 Å². The molecule has 1 aliphatic rings. The Morgan fingerprint density at radius 1 is 1.12 bits per heavy atom. The van der Waals surface area contributed by atoms with Crippen molar-refractivity contribution in [3.8, 4) is 0 Å². The van der Waals surface area contributed by atoms with Crippen LogP contribution in [-0.4, -0.2) is 58.4 Å². The first-order valence-corrected chi connectivity index (χ1v) is 10.5. The monoisotopic (exact) mass is 376 g/mol. The van der Waals surface area contributed by atoms with E-state index in [4.69, 9.17) is 0 Å². The number of benzene rings is 2. The van der Waals surface area contributed by atoms with Crippen molar-refractivity contribution in [1.29, 1.82) is 0 Å². The van der Waals surface area contributed by atoms with Gasteiger partial charge in [-0.1, -0.05) is 30.3 Å². The van der Waals surface area contributed by atoms with E-state index in [2.05, 4.69) is 5.32 Å². The van der Waals surface area contributed by atoms with E-state index in [1.165, 1.54) is 24.8 Å². The second kappa shape index (κ2) is 8.16. The molecule has 0 radical (unpaired) electrons. The second-order valence-electron chi connectivity index (χ2n) is 6.83. The Labute approximate surface area is 154 Å². The van der Waals surface area contributed by atoms with E-state index in [-0.39, 0.29) is 17.3 Å². The fourth-order valence-electron chi connectivity index (χ4n) is 3.35. The number of quaternary nitrogens is 1. The number of amides is 1. The Morgan fingerprint density at radius 3 is 2.54 bits per heavy atom. The SMILES string of the molecule is CN(CC(=O)NCC[NH+]1CCCC1)S(=O)(=O)c1ccc2ccccc2c1. The number of sulfonamides is 1. The molecule has 3 rings (SSSR count). The summed E-state index contributed by atoms with van der Waals surface area (Å²) in [6.07, 6.45) is 2.49. The molecule has 140 valence electrons. The Hall–Kier alpha value is -1.96. The second-order valence-corrected chi connectivity index (χ2v) is 8.87. The molecule has 0 bridgehead atoms. The lowest BCUT2D eigenvalue weighted by molar-refractivity contribution is -0.886. The fourth-order valence-corrected chi connectivity index (χ4v) is 4.52. The first kappa shape index (κ1) is 18.8. The highest BCUT2D eigenvalue weighted by Gasteiger charge is 2.23. The van der Waals surface area contributed by atoms with Crippen LogP contribution in [0.25, 0.3) is 10.8 Å². The van der Waals surface area contributed by atoms with Gasteiger partial charge in [0.1, 0.15) is 0 Å². The van der Waals surface area contributed by atoms with Gasteiger partial charge in [-0.15, -0.1) is 0 Å². The van der Waals surface area contributed by atoms with Crippen LogP contribution in [0.15, 0.2) is 47.4 Å². The van der Waals surface area contributed by atoms with Crippen LogP contribution in [0.3, 0.4) is 0 Å². The molecule has 26 heavy (non-hydrogen) atoms. The maximum Gasteiger partial charge on any atom is 0.243 e. The lowest BCUT2D eigenvalue weighted by Crippen LogP contribution is -3.10. The molecule has 0 saturated carbocycles. The summed E-state index contributed by atoms with van der Waals surface area (Å²) >= 11 is 0. The van der Waals surface area contributed by atoms with E-state index in [9.17, 15) is 13.2 Å². The Balaban J connectivity index is 1.59. The summed E-state index contributed by atoms with van der Waals surface area (Å²) < 4.78 is 26.6. The minimum Gasteiger partial charge on any atom is -0.349 e. The first-order valence-electron chi connectivity index (χ1n) is 9.02. The van der Waals surface area contributed by atoms with Gasteiger partial charge in [0.05, 0.1) is 37.6 Å². The van der Waals surface area contributed by atoms with Gasteiger partial charge < -0.3 is 10.2 Å². The van der Waals surface area contributed by atoms with Gasteiger partial charge in [0.25, 0.3) is 0 Å². The number of hydrogen-bond acceptors (Lipinski definition) is 3. The van der Waals surface area contributed by atoms with E-state index in [1.54, 1.807) is 18.2 Å². The first-order chi connectivity index (χ1) is 12.5. The van der Waals surface area contributed by atoms with Crippen molar-refractivity contribution in [1.82, 2.24) is 9.62 Å².